The number of esters is 1. The third kappa shape index (κ3) is 3.12. The summed E-state index contributed by atoms with van der Waals surface area (Å²) in [5.74, 6) is -0.402. The molecule has 9 heteroatoms. The minimum Gasteiger partial charge on any atom is -0.462 e. The van der Waals surface area contributed by atoms with Crippen LogP contribution in [0.3, 0.4) is 0 Å². The Hall–Kier alpha value is -3.75. The monoisotopic (exact) mass is 433 g/mol. The number of hydrogen-bond acceptors (Lipinski definition) is 6. The molecule has 4 heterocycles. The van der Waals surface area contributed by atoms with Gasteiger partial charge in [0.1, 0.15) is 5.56 Å². The topological polar surface area (TPSA) is 112 Å². The molecule has 5 rings (SSSR count). The van der Waals surface area contributed by atoms with Crippen molar-refractivity contribution < 1.29 is 9.53 Å². The summed E-state index contributed by atoms with van der Waals surface area (Å²) >= 11 is 0. The molecule has 0 atom stereocenters. The lowest BCUT2D eigenvalue weighted by molar-refractivity contribution is 0.0525. The number of aryl methyl sites for hydroxylation is 1. The molecule has 164 valence electrons. The average molecular weight is 433 g/mol. The largest absolute Gasteiger partial charge is 0.462 e. The highest BCUT2D eigenvalue weighted by Crippen LogP contribution is 2.28. The maximum Gasteiger partial charge on any atom is 0.343 e. The summed E-state index contributed by atoms with van der Waals surface area (Å²) in [4.78, 5) is 43.5. The van der Waals surface area contributed by atoms with Gasteiger partial charge < -0.3 is 9.30 Å². The van der Waals surface area contributed by atoms with Crippen molar-refractivity contribution in [3.05, 3.63) is 62.6 Å². The molecule has 4 aromatic rings. The zero-order valence-electron chi connectivity index (χ0n) is 17.9. The number of ether oxygens (including phenoxy) is 1. The van der Waals surface area contributed by atoms with E-state index in [4.69, 9.17) is 4.74 Å². The Bertz CT molecular complexity index is 1470. The van der Waals surface area contributed by atoms with Gasteiger partial charge in [-0.3, -0.25) is 19.3 Å². The molecule has 1 aliphatic carbocycles. The fraction of sp³-hybridized carbons (Fsp3) is 0.348. The normalized spacial score (nSPS) is 14.4. The van der Waals surface area contributed by atoms with Crippen LogP contribution in [0.4, 0.5) is 0 Å². The van der Waals surface area contributed by atoms with Gasteiger partial charge in [-0.2, -0.15) is 5.10 Å². The van der Waals surface area contributed by atoms with Crippen molar-refractivity contribution in [3.63, 3.8) is 0 Å². The summed E-state index contributed by atoms with van der Waals surface area (Å²) in [5, 5.41) is 7.60. The second-order valence-corrected chi connectivity index (χ2v) is 8.08. The van der Waals surface area contributed by atoms with Crippen LogP contribution in [0.15, 0.2) is 40.2 Å². The van der Waals surface area contributed by atoms with Crippen LogP contribution in [0.5, 0.6) is 0 Å². The number of nitrogens with one attached hydrogen (secondary N) is 1. The van der Waals surface area contributed by atoms with Crippen LogP contribution in [0.1, 0.15) is 54.7 Å². The molecule has 4 aromatic heterocycles. The van der Waals surface area contributed by atoms with Crippen molar-refractivity contribution in [1.29, 1.82) is 0 Å². The van der Waals surface area contributed by atoms with Gasteiger partial charge in [0, 0.05) is 24.1 Å². The predicted molar refractivity (Wildman–Crippen MR) is 119 cm³/mol. The van der Waals surface area contributed by atoms with Gasteiger partial charge in [0.15, 0.2) is 5.82 Å². The molecule has 1 aliphatic rings. The SMILES string of the molecule is CCOC(=O)c1c(-n2ccc3nc4ccn(C5CCCC5)c(=O)c4cc3c2=O)n[nH]c1C. The Labute approximate surface area is 182 Å². The highest BCUT2D eigenvalue weighted by Gasteiger charge is 2.23. The van der Waals surface area contributed by atoms with E-state index in [-0.39, 0.29) is 35.0 Å². The number of carbonyl (C=O) groups excluding carboxylic acids is 1. The van der Waals surface area contributed by atoms with Gasteiger partial charge in [-0.1, -0.05) is 12.8 Å². The Morgan fingerprint density at radius 2 is 1.81 bits per heavy atom. The summed E-state index contributed by atoms with van der Waals surface area (Å²) in [6, 6.07) is 5.30. The number of nitrogens with zero attached hydrogens (tertiary/aromatic N) is 4. The van der Waals surface area contributed by atoms with Crippen molar-refractivity contribution in [2.24, 2.45) is 0 Å². The molecule has 1 N–H and O–H groups in total. The summed E-state index contributed by atoms with van der Waals surface area (Å²) in [5.41, 5.74) is 1.18. The molecule has 0 unspecified atom stereocenters. The highest BCUT2D eigenvalue weighted by molar-refractivity contribution is 5.95. The van der Waals surface area contributed by atoms with Crippen LogP contribution in [-0.4, -0.2) is 36.9 Å². The molecule has 32 heavy (non-hydrogen) atoms. The molecule has 0 bridgehead atoms. The molecular formula is C23H23N5O4. The number of rotatable bonds is 4. The number of hydrogen-bond donors (Lipinski definition) is 1. The molecule has 9 nitrogen and oxygen atoms in total. The minimum atomic E-state index is -0.558. The summed E-state index contributed by atoms with van der Waals surface area (Å²) in [6.45, 7) is 3.61. The van der Waals surface area contributed by atoms with E-state index in [1.54, 1.807) is 36.7 Å². The number of aromatic amines is 1. The first-order valence-electron chi connectivity index (χ1n) is 10.8. The van der Waals surface area contributed by atoms with E-state index < -0.39 is 11.5 Å². The third-order valence-corrected chi connectivity index (χ3v) is 6.12. The van der Waals surface area contributed by atoms with E-state index in [0.717, 1.165) is 25.7 Å². The first-order valence-corrected chi connectivity index (χ1v) is 10.8. The Balaban J connectivity index is 1.71. The maximum atomic E-state index is 13.4. The number of aromatic nitrogens is 5. The third-order valence-electron chi connectivity index (χ3n) is 6.12. The summed E-state index contributed by atoms with van der Waals surface area (Å²) in [7, 11) is 0. The van der Waals surface area contributed by atoms with Crippen LogP contribution in [0, 0.1) is 6.92 Å². The van der Waals surface area contributed by atoms with Gasteiger partial charge >= 0.3 is 5.97 Å². The molecule has 1 fully saturated rings. The van der Waals surface area contributed by atoms with Crippen LogP contribution in [0.2, 0.25) is 0 Å². The van der Waals surface area contributed by atoms with Crippen molar-refractivity contribution in [3.8, 4) is 5.82 Å². The molecule has 0 radical (unpaired) electrons. The zero-order valence-corrected chi connectivity index (χ0v) is 17.9. The van der Waals surface area contributed by atoms with Crippen molar-refractivity contribution in [2.45, 2.75) is 45.6 Å². The Kier molecular flexibility index (Phi) is 4.88. The second kappa shape index (κ2) is 7.74. The second-order valence-electron chi connectivity index (χ2n) is 8.08. The molecule has 0 saturated heterocycles. The average Bonchev–Trinajstić information content (AvgIpc) is 3.44. The van der Waals surface area contributed by atoms with E-state index in [2.05, 4.69) is 15.2 Å². The van der Waals surface area contributed by atoms with E-state index in [1.165, 1.54) is 10.8 Å². The molecule has 0 aromatic carbocycles. The van der Waals surface area contributed by atoms with Crippen LogP contribution in [0.25, 0.3) is 27.6 Å². The predicted octanol–water partition coefficient (Wildman–Crippen LogP) is 3.02. The van der Waals surface area contributed by atoms with Gasteiger partial charge in [-0.25, -0.2) is 9.78 Å². The van der Waals surface area contributed by atoms with Crippen LogP contribution >= 0.6 is 0 Å². The molecule has 0 aliphatic heterocycles. The zero-order chi connectivity index (χ0) is 22.4. The van der Waals surface area contributed by atoms with Gasteiger partial charge in [0.25, 0.3) is 11.1 Å². The Morgan fingerprint density at radius 1 is 1.12 bits per heavy atom. The number of H-pyrrole nitrogens is 1. The molecular weight excluding hydrogens is 410 g/mol. The van der Waals surface area contributed by atoms with E-state index in [9.17, 15) is 14.4 Å². The van der Waals surface area contributed by atoms with Gasteiger partial charge in [-0.15, -0.1) is 0 Å². The van der Waals surface area contributed by atoms with Crippen molar-refractivity contribution in [2.75, 3.05) is 6.61 Å². The van der Waals surface area contributed by atoms with Crippen LogP contribution < -0.4 is 11.1 Å². The quantitative estimate of drug-likeness (QED) is 0.391. The summed E-state index contributed by atoms with van der Waals surface area (Å²) in [6.07, 6.45) is 7.52. The molecule has 0 spiro atoms. The van der Waals surface area contributed by atoms with E-state index in [1.807, 2.05) is 6.07 Å². The summed E-state index contributed by atoms with van der Waals surface area (Å²) < 4.78 is 8.17. The first kappa shape index (κ1) is 20.2. The number of fused-ring (bicyclic) bond motifs is 2. The number of carbonyl (C=O) groups is 1. The van der Waals surface area contributed by atoms with E-state index in [0.29, 0.717) is 22.1 Å². The van der Waals surface area contributed by atoms with Crippen molar-refractivity contribution in [1.82, 2.24) is 24.3 Å². The van der Waals surface area contributed by atoms with Crippen LogP contribution in [-0.2, 0) is 4.74 Å². The standard InChI is InChI=1S/C23H23N5O4/c1-3-32-23(31)19-13(2)25-26-20(19)28-11-9-18-16(22(28)30)12-15-17(24-18)8-10-27(21(15)29)14-6-4-5-7-14/h8-12,14H,3-7H2,1-2H3,(H,25,26). The van der Waals surface area contributed by atoms with Gasteiger partial charge in [0.05, 0.1) is 28.4 Å². The van der Waals surface area contributed by atoms with Gasteiger partial charge in [0.2, 0.25) is 0 Å². The maximum absolute atomic E-state index is 13.4. The first-order chi connectivity index (χ1) is 15.5. The van der Waals surface area contributed by atoms with Crippen molar-refractivity contribution >= 4 is 27.8 Å². The lowest BCUT2D eigenvalue weighted by Crippen LogP contribution is -2.24. The Morgan fingerprint density at radius 3 is 2.53 bits per heavy atom. The molecule has 1 saturated carbocycles. The van der Waals surface area contributed by atoms with E-state index >= 15 is 0 Å². The lowest BCUT2D eigenvalue weighted by Gasteiger charge is -2.14. The fourth-order valence-electron chi connectivity index (χ4n) is 4.51. The number of pyridine rings is 3. The van der Waals surface area contributed by atoms with Gasteiger partial charge in [-0.05, 0) is 44.9 Å². The highest BCUT2D eigenvalue weighted by atomic mass is 16.5. The smallest absolute Gasteiger partial charge is 0.343 e. The molecule has 0 amide bonds. The fourth-order valence-corrected chi connectivity index (χ4v) is 4.51. The minimum absolute atomic E-state index is 0.138. The lowest BCUT2D eigenvalue weighted by atomic mass is 10.1.